The third kappa shape index (κ3) is 2.48. The first-order valence-corrected chi connectivity index (χ1v) is 7.18. The molecule has 0 amide bonds. The van der Waals surface area contributed by atoms with Gasteiger partial charge in [0.05, 0.1) is 11.4 Å². The number of aromatic amines is 1. The minimum Gasteiger partial charge on any atom is -0.281 e. The molecule has 1 heterocycles. The number of sulfonamides is 1. The molecule has 0 radical (unpaired) electrons. The fraction of sp³-hybridized carbons (Fsp3) is 0.700. The zero-order valence-corrected chi connectivity index (χ0v) is 12.3. The fourth-order valence-corrected chi connectivity index (χ4v) is 3.56. The van der Waals surface area contributed by atoms with E-state index in [1.54, 1.807) is 27.7 Å². The van der Waals surface area contributed by atoms with Crippen LogP contribution in [0.3, 0.4) is 0 Å². The Bertz CT molecular complexity index is 488. The molecule has 1 rings (SSSR count). The zero-order valence-electron chi connectivity index (χ0n) is 10.7. The van der Waals surface area contributed by atoms with Gasteiger partial charge < -0.3 is 0 Å². The Morgan fingerprint density at radius 3 is 2.29 bits per heavy atom. The van der Waals surface area contributed by atoms with Gasteiger partial charge in [-0.3, -0.25) is 5.10 Å². The lowest BCUT2D eigenvalue weighted by Crippen LogP contribution is -2.46. The van der Waals surface area contributed by atoms with Crippen LogP contribution in [0.1, 0.15) is 25.2 Å². The molecule has 0 unspecified atom stereocenters. The van der Waals surface area contributed by atoms with E-state index in [2.05, 4.69) is 10.2 Å². The summed E-state index contributed by atoms with van der Waals surface area (Å²) in [7, 11) is -2.04. The first kappa shape index (κ1) is 14.5. The Morgan fingerprint density at radius 1 is 1.41 bits per heavy atom. The molecule has 1 aromatic rings. The minimum atomic E-state index is -3.57. The maximum Gasteiger partial charge on any atom is 0.247 e. The van der Waals surface area contributed by atoms with Gasteiger partial charge >= 0.3 is 0 Å². The summed E-state index contributed by atoms with van der Waals surface area (Å²) in [6.07, 6.45) is 0. The van der Waals surface area contributed by atoms with Gasteiger partial charge in [0.1, 0.15) is 4.90 Å². The molecule has 1 aromatic heterocycles. The second kappa shape index (κ2) is 4.59. The van der Waals surface area contributed by atoms with E-state index >= 15 is 0 Å². The lowest BCUT2D eigenvalue weighted by molar-refractivity contribution is 0.295. The first-order valence-electron chi connectivity index (χ1n) is 5.21. The van der Waals surface area contributed by atoms with Gasteiger partial charge in [0.25, 0.3) is 0 Å². The molecule has 17 heavy (non-hydrogen) atoms. The van der Waals surface area contributed by atoms with Crippen molar-refractivity contribution in [2.45, 2.75) is 38.1 Å². The van der Waals surface area contributed by atoms with E-state index in [4.69, 9.17) is 11.6 Å². The van der Waals surface area contributed by atoms with Gasteiger partial charge in [-0.2, -0.15) is 9.40 Å². The van der Waals surface area contributed by atoms with E-state index in [9.17, 15) is 8.42 Å². The van der Waals surface area contributed by atoms with Crippen molar-refractivity contribution < 1.29 is 8.42 Å². The van der Waals surface area contributed by atoms with Crippen molar-refractivity contribution in [3.8, 4) is 0 Å². The topological polar surface area (TPSA) is 66.1 Å². The van der Waals surface area contributed by atoms with Crippen LogP contribution in [0.5, 0.6) is 0 Å². The van der Waals surface area contributed by atoms with E-state index in [0.717, 1.165) is 0 Å². The van der Waals surface area contributed by atoms with Crippen LogP contribution < -0.4 is 0 Å². The Hall–Kier alpha value is -0.590. The quantitative estimate of drug-likeness (QED) is 0.853. The molecule has 0 aliphatic carbocycles. The molecule has 0 fully saturated rings. The number of hydrogen-bond donors (Lipinski definition) is 1. The second-order valence-electron chi connectivity index (χ2n) is 4.68. The number of hydrogen-bond acceptors (Lipinski definition) is 3. The number of aryl methyl sites for hydroxylation is 2. The average molecular weight is 280 g/mol. The van der Waals surface area contributed by atoms with Crippen LogP contribution in [0.2, 0.25) is 0 Å². The molecule has 0 saturated heterocycles. The van der Waals surface area contributed by atoms with Gasteiger partial charge in [0.15, 0.2) is 0 Å². The zero-order chi connectivity index (χ0) is 13.4. The largest absolute Gasteiger partial charge is 0.281 e. The summed E-state index contributed by atoms with van der Waals surface area (Å²) in [6.45, 7) is 6.91. The van der Waals surface area contributed by atoms with E-state index in [1.807, 2.05) is 0 Å². The highest BCUT2D eigenvalue weighted by Crippen LogP contribution is 2.26. The van der Waals surface area contributed by atoms with Gasteiger partial charge in [0, 0.05) is 18.5 Å². The lowest BCUT2D eigenvalue weighted by atomic mass is 10.1. The van der Waals surface area contributed by atoms with Crippen molar-refractivity contribution in [1.82, 2.24) is 14.5 Å². The highest BCUT2D eigenvalue weighted by atomic mass is 35.5. The molecule has 1 N–H and O–H groups in total. The Labute approximate surface area is 107 Å². The summed E-state index contributed by atoms with van der Waals surface area (Å²) in [5.74, 6) is 0.221. The molecular weight excluding hydrogens is 262 g/mol. The Morgan fingerprint density at radius 2 is 1.94 bits per heavy atom. The van der Waals surface area contributed by atoms with Gasteiger partial charge in [-0.05, 0) is 27.7 Å². The van der Waals surface area contributed by atoms with Crippen molar-refractivity contribution >= 4 is 21.6 Å². The summed E-state index contributed by atoms with van der Waals surface area (Å²) >= 11 is 5.81. The van der Waals surface area contributed by atoms with E-state index < -0.39 is 15.6 Å². The summed E-state index contributed by atoms with van der Waals surface area (Å²) in [5, 5.41) is 6.59. The SMILES string of the molecule is Cc1n[nH]c(C)c1S(=O)(=O)N(C)C(C)(C)CCl. The number of H-pyrrole nitrogens is 1. The van der Waals surface area contributed by atoms with Crippen LogP contribution in [-0.2, 0) is 10.0 Å². The molecule has 0 aliphatic rings. The van der Waals surface area contributed by atoms with Crippen LogP contribution in [0, 0.1) is 13.8 Å². The molecule has 5 nitrogen and oxygen atoms in total. The Balaban J connectivity index is 3.31. The van der Waals surface area contributed by atoms with E-state index in [-0.39, 0.29) is 10.8 Å². The summed E-state index contributed by atoms with van der Waals surface area (Å²) in [5.41, 5.74) is 0.371. The highest BCUT2D eigenvalue weighted by Gasteiger charge is 2.36. The molecule has 0 atom stereocenters. The van der Waals surface area contributed by atoms with Crippen molar-refractivity contribution in [2.24, 2.45) is 0 Å². The predicted octanol–water partition coefficient (Wildman–Crippen LogP) is 1.66. The maximum atomic E-state index is 12.4. The number of alkyl halides is 1. The highest BCUT2D eigenvalue weighted by molar-refractivity contribution is 7.89. The van der Waals surface area contributed by atoms with Gasteiger partial charge in [0.2, 0.25) is 10.0 Å². The number of rotatable bonds is 4. The van der Waals surface area contributed by atoms with Crippen LogP contribution in [0.4, 0.5) is 0 Å². The maximum absolute atomic E-state index is 12.4. The van der Waals surface area contributed by atoms with Crippen LogP contribution >= 0.6 is 11.6 Å². The number of aromatic nitrogens is 2. The predicted molar refractivity (Wildman–Crippen MR) is 67.8 cm³/mol. The lowest BCUT2D eigenvalue weighted by Gasteiger charge is -2.32. The van der Waals surface area contributed by atoms with Gasteiger partial charge in [-0.1, -0.05) is 0 Å². The molecule has 0 saturated carbocycles. The number of nitrogens with one attached hydrogen (secondary N) is 1. The fourth-order valence-electron chi connectivity index (χ4n) is 1.47. The minimum absolute atomic E-state index is 0.221. The molecule has 0 spiro atoms. The molecule has 98 valence electrons. The smallest absolute Gasteiger partial charge is 0.247 e. The first-order chi connectivity index (χ1) is 7.64. The van der Waals surface area contributed by atoms with Crippen LogP contribution in [-0.4, -0.2) is 41.4 Å². The third-order valence-electron chi connectivity index (χ3n) is 2.86. The standard InChI is InChI=1S/C10H18ClN3O2S/c1-7-9(8(2)13-12-7)17(15,16)14(5)10(3,4)6-11/h6H2,1-5H3,(H,12,13). The number of nitrogens with zero attached hydrogens (tertiary/aromatic N) is 2. The van der Waals surface area contributed by atoms with Gasteiger partial charge in [-0.25, -0.2) is 8.42 Å². The Kier molecular flexibility index (Phi) is 3.91. The average Bonchev–Trinajstić information content (AvgIpc) is 2.57. The van der Waals surface area contributed by atoms with Crippen molar-refractivity contribution in [3.63, 3.8) is 0 Å². The summed E-state index contributed by atoms with van der Waals surface area (Å²) in [6, 6.07) is 0. The van der Waals surface area contributed by atoms with E-state index in [0.29, 0.717) is 11.4 Å². The molecule has 0 aromatic carbocycles. The summed E-state index contributed by atoms with van der Waals surface area (Å²) in [4.78, 5) is 0.234. The van der Waals surface area contributed by atoms with Crippen LogP contribution in [0.15, 0.2) is 4.90 Å². The normalized spacial score (nSPS) is 13.4. The van der Waals surface area contributed by atoms with Crippen LogP contribution in [0.25, 0.3) is 0 Å². The van der Waals surface area contributed by atoms with Crippen molar-refractivity contribution in [1.29, 1.82) is 0 Å². The molecule has 0 bridgehead atoms. The monoisotopic (exact) mass is 279 g/mol. The summed E-state index contributed by atoms with van der Waals surface area (Å²) < 4.78 is 26.2. The third-order valence-corrected chi connectivity index (χ3v) is 5.85. The second-order valence-corrected chi connectivity index (χ2v) is 6.86. The van der Waals surface area contributed by atoms with E-state index in [1.165, 1.54) is 11.4 Å². The molecule has 7 heteroatoms. The van der Waals surface area contributed by atoms with Gasteiger partial charge in [-0.15, -0.1) is 11.6 Å². The number of halogens is 1. The van der Waals surface area contributed by atoms with Crippen molar-refractivity contribution in [3.05, 3.63) is 11.4 Å². The van der Waals surface area contributed by atoms with Crippen molar-refractivity contribution in [2.75, 3.05) is 12.9 Å². The molecule has 0 aliphatic heterocycles. The molecular formula is C10H18ClN3O2S.